The lowest BCUT2D eigenvalue weighted by molar-refractivity contribution is -0.116. The fourth-order valence-electron chi connectivity index (χ4n) is 1.58. The molecule has 1 aromatic rings. The molecule has 0 aromatic carbocycles. The van der Waals surface area contributed by atoms with Crippen molar-refractivity contribution in [2.24, 2.45) is 0 Å². The van der Waals surface area contributed by atoms with Crippen LogP contribution in [0.2, 0.25) is 0 Å². The van der Waals surface area contributed by atoms with Gasteiger partial charge in [0, 0.05) is 6.42 Å². The van der Waals surface area contributed by atoms with Crippen LogP contribution in [0.25, 0.3) is 0 Å². The minimum absolute atomic E-state index is 0.0484. The summed E-state index contributed by atoms with van der Waals surface area (Å²) in [5.41, 5.74) is 1.40. The first-order valence-corrected chi connectivity index (χ1v) is 5.53. The molecule has 90 valence electrons. The number of anilines is 2. The van der Waals surface area contributed by atoms with Crippen molar-refractivity contribution < 1.29 is 9.59 Å². The van der Waals surface area contributed by atoms with E-state index in [4.69, 9.17) is 0 Å². The van der Waals surface area contributed by atoms with Gasteiger partial charge in [0.15, 0.2) is 0 Å². The highest BCUT2D eigenvalue weighted by atomic mass is 16.2. The molecule has 1 aliphatic rings. The molecule has 2 rings (SSSR count). The van der Waals surface area contributed by atoms with Gasteiger partial charge in [0.25, 0.3) is 0 Å². The van der Waals surface area contributed by atoms with Crippen LogP contribution in [0.15, 0.2) is 12.1 Å². The van der Waals surface area contributed by atoms with Crippen molar-refractivity contribution in [2.45, 2.75) is 26.3 Å². The average Bonchev–Trinajstić information content (AvgIpc) is 2.29. The second-order valence-electron chi connectivity index (χ2n) is 3.80. The summed E-state index contributed by atoms with van der Waals surface area (Å²) in [5.74, 6) is 0.466. The van der Waals surface area contributed by atoms with Crippen LogP contribution in [0, 0.1) is 0 Å². The molecule has 0 unspecified atom stereocenters. The van der Waals surface area contributed by atoms with Crippen molar-refractivity contribution in [3.8, 4) is 0 Å². The second-order valence-corrected chi connectivity index (χ2v) is 3.80. The summed E-state index contributed by atoms with van der Waals surface area (Å²) >= 11 is 0. The molecular formula is C11H14N4O2. The highest BCUT2D eigenvalue weighted by Gasteiger charge is 2.15. The van der Waals surface area contributed by atoms with E-state index in [0.29, 0.717) is 24.5 Å². The zero-order valence-corrected chi connectivity index (χ0v) is 9.54. The predicted molar refractivity (Wildman–Crippen MR) is 63.6 cm³/mol. The molecule has 17 heavy (non-hydrogen) atoms. The third-order valence-corrected chi connectivity index (χ3v) is 2.38. The number of urea groups is 1. The number of rotatable bonds is 3. The van der Waals surface area contributed by atoms with Gasteiger partial charge in [-0.25, -0.2) is 9.78 Å². The Hall–Kier alpha value is -2.11. The molecule has 6 heteroatoms. The first-order valence-electron chi connectivity index (χ1n) is 5.53. The highest BCUT2D eigenvalue weighted by Crippen LogP contribution is 2.19. The largest absolute Gasteiger partial charge is 0.332 e. The molecule has 3 amide bonds. The molecule has 6 nitrogen and oxygen atoms in total. The maximum atomic E-state index is 11.4. The van der Waals surface area contributed by atoms with Gasteiger partial charge in [0.1, 0.15) is 5.82 Å². The van der Waals surface area contributed by atoms with E-state index < -0.39 is 0 Å². The van der Waals surface area contributed by atoms with E-state index in [2.05, 4.69) is 20.9 Å². The summed E-state index contributed by atoms with van der Waals surface area (Å²) in [5, 5.41) is 7.97. The SMILES string of the molecule is CCCC(=O)Nc1ccc2c(n1)CNC(=O)N2. The monoisotopic (exact) mass is 234 g/mol. The summed E-state index contributed by atoms with van der Waals surface area (Å²) in [6.45, 7) is 2.32. The van der Waals surface area contributed by atoms with Crippen molar-refractivity contribution in [3.63, 3.8) is 0 Å². The summed E-state index contributed by atoms with van der Waals surface area (Å²) in [4.78, 5) is 26.7. The normalized spacial score (nSPS) is 13.4. The minimum atomic E-state index is -0.234. The predicted octanol–water partition coefficient (Wildman–Crippen LogP) is 1.46. The van der Waals surface area contributed by atoms with Crippen LogP contribution in [0.4, 0.5) is 16.3 Å². The number of fused-ring (bicyclic) bond motifs is 1. The van der Waals surface area contributed by atoms with Crippen molar-refractivity contribution in [1.29, 1.82) is 0 Å². The summed E-state index contributed by atoms with van der Waals surface area (Å²) in [6.07, 6.45) is 1.28. The van der Waals surface area contributed by atoms with Crippen molar-refractivity contribution in [2.75, 3.05) is 10.6 Å². The Morgan fingerprint density at radius 3 is 3.12 bits per heavy atom. The van der Waals surface area contributed by atoms with Crippen molar-refractivity contribution in [3.05, 3.63) is 17.8 Å². The molecular weight excluding hydrogens is 220 g/mol. The van der Waals surface area contributed by atoms with E-state index >= 15 is 0 Å². The number of carbonyl (C=O) groups excluding carboxylic acids is 2. The Labute approximate surface area is 98.8 Å². The van der Waals surface area contributed by atoms with Gasteiger partial charge in [-0.05, 0) is 18.6 Å². The van der Waals surface area contributed by atoms with E-state index in [9.17, 15) is 9.59 Å². The second kappa shape index (κ2) is 4.82. The first kappa shape index (κ1) is 11.4. The summed E-state index contributed by atoms with van der Waals surface area (Å²) < 4.78 is 0. The van der Waals surface area contributed by atoms with Crippen LogP contribution in [0.5, 0.6) is 0 Å². The van der Waals surface area contributed by atoms with Gasteiger partial charge in [-0.15, -0.1) is 0 Å². The fourth-order valence-corrected chi connectivity index (χ4v) is 1.58. The van der Waals surface area contributed by atoms with E-state index in [-0.39, 0.29) is 11.9 Å². The van der Waals surface area contributed by atoms with Gasteiger partial charge in [-0.3, -0.25) is 4.79 Å². The van der Waals surface area contributed by atoms with E-state index in [1.54, 1.807) is 12.1 Å². The first-order chi connectivity index (χ1) is 8.19. The van der Waals surface area contributed by atoms with Gasteiger partial charge in [0.05, 0.1) is 17.9 Å². The van der Waals surface area contributed by atoms with Crippen LogP contribution < -0.4 is 16.0 Å². The number of carbonyl (C=O) groups is 2. The topological polar surface area (TPSA) is 83.1 Å². The highest BCUT2D eigenvalue weighted by molar-refractivity contribution is 5.93. The molecule has 1 aliphatic heterocycles. The molecule has 2 heterocycles. The van der Waals surface area contributed by atoms with Gasteiger partial charge < -0.3 is 16.0 Å². The molecule has 3 N–H and O–H groups in total. The zero-order chi connectivity index (χ0) is 12.3. The molecule has 0 atom stereocenters. The summed E-state index contributed by atoms with van der Waals surface area (Å²) in [7, 11) is 0. The lowest BCUT2D eigenvalue weighted by Crippen LogP contribution is -2.34. The number of amides is 3. The number of aromatic nitrogens is 1. The fraction of sp³-hybridized carbons (Fsp3) is 0.364. The van der Waals surface area contributed by atoms with Gasteiger partial charge in [-0.2, -0.15) is 0 Å². The van der Waals surface area contributed by atoms with Crippen LogP contribution in [0.1, 0.15) is 25.5 Å². The molecule has 0 bridgehead atoms. The smallest absolute Gasteiger partial charge is 0.319 e. The average molecular weight is 234 g/mol. The Morgan fingerprint density at radius 2 is 2.35 bits per heavy atom. The van der Waals surface area contributed by atoms with E-state index in [1.165, 1.54) is 0 Å². The van der Waals surface area contributed by atoms with Crippen LogP contribution in [-0.2, 0) is 11.3 Å². The van der Waals surface area contributed by atoms with Gasteiger partial charge in [0.2, 0.25) is 5.91 Å². The third-order valence-electron chi connectivity index (χ3n) is 2.38. The lowest BCUT2D eigenvalue weighted by atomic mass is 10.2. The standard InChI is InChI=1S/C11H14N4O2/c1-2-3-10(16)15-9-5-4-7-8(13-9)6-12-11(17)14-7/h4-5H,2-3,6H2,1H3,(H2,12,14,17)(H,13,15,16). The van der Waals surface area contributed by atoms with Gasteiger partial charge in [-0.1, -0.05) is 6.92 Å². The van der Waals surface area contributed by atoms with Crippen molar-refractivity contribution >= 4 is 23.4 Å². The van der Waals surface area contributed by atoms with E-state index in [0.717, 1.165) is 12.1 Å². The number of hydrogen-bond donors (Lipinski definition) is 3. The van der Waals surface area contributed by atoms with E-state index in [1.807, 2.05) is 6.92 Å². The quantitative estimate of drug-likeness (QED) is 0.740. The molecule has 0 radical (unpaired) electrons. The number of pyridine rings is 1. The Balaban J connectivity index is 2.11. The van der Waals surface area contributed by atoms with Crippen LogP contribution in [-0.4, -0.2) is 16.9 Å². The molecule has 0 aliphatic carbocycles. The molecule has 0 saturated heterocycles. The van der Waals surface area contributed by atoms with Crippen LogP contribution >= 0.6 is 0 Å². The molecule has 0 spiro atoms. The zero-order valence-electron chi connectivity index (χ0n) is 9.54. The maximum absolute atomic E-state index is 11.4. The summed E-state index contributed by atoms with van der Waals surface area (Å²) in [6, 6.07) is 3.18. The maximum Gasteiger partial charge on any atom is 0.319 e. The minimum Gasteiger partial charge on any atom is -0.332 e. The Bertz CT molecular complexity index is 459. The van der Waals surface area contributed by atoms with Crippen LogP contribution in [0.3, 0.4) is 0 Å². The lowest BCUT2D eigenvalue weighted by Gasteiger charge is -2.17. The third kappa shape index (κ3) is 2.72. The molecule has 1 aromatic heterocycles. The Morgan fingerprint density at radius 1 is 1.53 bits per heavy atom. The molecule has 0 fully saturated rings. The number of hydrogen-bond acceptors (Lipinski definition) is 3. The number of nitrogens with one attached hydrogen (secondary N) is 3. The van der Waals surface area contributed by atoms with Crippen molar-refractivity contribution in [1.82, 2.24) is 10.3 Å². The number of nitrogens with zero attached hydrogens (tertiary/aromatic N) is 1. The Kier molecular flexibility index (Phi) is 3.22. The molecule has 0 saturated carbocycles. The van der Waals surface area contributed by atoms with Gasteiger partial charge >= 0.3 is 6.03 Å².